The third kappa shape index (κ3) is 7.18. The normalized spacial score (nSPS) is 13.0. The number of fused-ring (bicyclic) bond motifs is 9. The van der Waals surface area contributed by atoms with Crippen LogP contribution in [0.25, 0.3) is 69.9 Å². The second kappa shape index (κ2) is 18.6. The molecule has 12 aromatic carbocycles. The van der Waals surface area contributed by atoms with Crippen LogP contribution in [0.15, 0.2) is 297 Å². The van der Waals surface area contributed by atoms with Gasteiger partial charge < -0.3 is 4.57 Å². The first-order valence-corrected chi connectivity index (χ1v) is 32.4. The second-order valence-corrected chi connectivity index (χ2v) is 30.5. The predicted octanol–water partition coefficient (Wildman–Crippen LogP) is 13.9. The van der Waals surface area contributed by atoms with Gasteiger partial charge in [-0.1, -0.05) is 275 Å². The van der Waals surface area contributed by atoms with Gasteiger partial charge in [0, 0.05) is 42.0 Å². The molecule has 0 radical (unpaired) electrons. The topological polar surface area (TPSA) is 4.93 Å². The van der Waals surface area contributed by atoms with Crippen molar-refractivity contribution in [3.8, 4) is 27.9 Å². The smallest absolute Gasteiger partial charge is 0.181 e. The summed E-state index contributed by atoms with van der Waals surface area (Å²) in [4.78, 5) is 0. The molecule has 2 aromatic heterocycles. The Balaban J connectivity index is 0.886. The van der Waals surface area contributed by atoms with E-state index in [4.69, 9.17) is 0 Å². The minimum absolute atomic E-state index is 0.119. The fourth-order valence-electron chi connectivity index (χ4n) is 13.9. The first-order valence-electron chi connectivity index (χ1n) is 27.6. The van der Waals surface area contributed by atoms with Crippen LogP contribution in [0.3, 0.4) is 0 Å². The summed E-state index contributed by atoms with van der Waals surface area (Å²) < 4.78 is 5.24. The number of hydrogen-bond donors (Lipinski definition) is 0. The maximum absolute atomic E-state index is 2.97. The number of nitrogens with zero attached hydrogens (tertiary/aromatic N) is 1. The van der Waals surface area contributed by atoms with E-state index in [-0.39, 0.29) is 5.41 Å². The molecule has 0 saturated heterocycles. The molecule has 79 heavy (non-hydrogen) atoms. The van der Waals surface area contributed by atoms with E-state index in [0.29, 0.717) is 0 Å². The molecule has 0 atom stereocenters. The minimum atomic E-state index is -2.97. The molecule has 14 aromatic rings. The number of benzene rings is 12. The molecular formula is C75H55NSSi2. The van der Waals surface area contributed by atoms with E-state index in [0.717, 1.165) is 0 Å². The maximum Gasteiger partial charge on any atom is 0.181 e. The Kier molecular flexibility index (Phi) is 11.2. The molecule has 1 aliphatic rings. The molecule has 0 saturated carbocycles. The number of thiophene rings is 1. The van der Waals surface area contributed by atoms with Gasteiger partial charge in [-0.2, -0.15) is 0 Å². The van der Waals surface area contributed by atoms with E-state index in [9.17, 15) is 0 Å². The first kappa shape index (κ1) is 47.3. The number of aromatic nitrogens is 1. The summed E-state index contributed by atoms with van der Waals surface area (Å²) in [6.07, 6.45) is 0. The summed E-state index contributed by atoms with van der Waals surface area (Å²) in [5.74, 6) is 0. The molecule has 1 nitrogen and oxygen atoms in total. The fraction of sp³-hybridized carbons (Fsp3) is 0.0400. The third-order valence-electron chi connectivity index (χ3n) is 17.5. The standard InChI is InChI=1S/C75H55NSSi2/c1-75(2)68-37-18-15-33-62(68)66-50-67-63-34-16-19-38-70(63)76(71(67)51-69(66)75)54-23-21-32-61(49-54)78(55-24-7-3-8-25-55,56-26-9-4-10-27-56)59-45-41-52(42-46-59)53-43-47-60(48-44-53)79(57-28-11-5-12-29-57,58-30-13-6-14-31-58)73-40-22-36-65-64-35-17-20-39-72(64)77-74(65)73/h3-51H,1-2H3. The Morgan fingerprint density at radius 1 is 0.316 bits per heavy atom. The van der Waals surface area contributed by atoms with Gasteiger partial charge >= 0.3 is 0 Å². The summed E-state index contributed by atoms with van der Waals surface area (Å²) in [5, 5.41) is 16.2. The zero-order chi connectivity index (χ0) is 52.7. The first-order chi connectivity index (χ1) is 38.9. The second-order valence-electron chi connectivity index (χ2n) is 21.9. The highest BCUT2D eigenvalue weighted by molar-refractivity contribution is 7.30. The van der Waals surface area contributed by atoms with Crippen LogP contribution in [-0.4, -0.2) is 20.7 Å². The summed E-state index contributed by atoms with van der Waals surface area (Å²) in [6, 6.07) is 113. The van der Waals surface area contributed by atoms with E-state index in [1.807, 2.05) is 11.3 Å². The van der Waals surface area contributed by atoms with Crippen molar-refractivity contribution in [1.82, 2.24) is 4.57 Å². The van der Waals surface area contributed by atoms with Crippen LogP contribution < -0.4 is 41.5 Å². The van der Waals surface area contributed by atoms with Crippen LogP contribution in [0.5, 0.6) is 0 Å². The van der Waals surface area contributed by atoms with Gasteiger partial charge in [0.25, 0.3) is 0 Å². The molecule has 0 bridgehead atoms. The maximum atomic E-state index is 2.53. The van der Waals surface area contributed by atoms with Crippen LogP contribution in [-0.2, 0) is 5.41 Å². The highest BCUT2D eigenvalue weighted by Crippen LogP contribution is 2.51. The molecule has 0 N–H and O–H groups in total. The van der Waals surface area contributed by atoms with Crippen molar-refractivity contribution < 1.29 is 0 Å². The monoisotopic (exact) mass is 1060 g/mol. The molecular weight excluding hydrogens is 1000 g/mol. The molecule has 2 heterocycles. The highest BCUT2D eigenvalue weighted by Gasteiger charge is 2.44. The van der Waals surface area contributed by atoms with Crippen molar-refractivity contribution >= 4 is 111 Å². The van der Waals surface area contributed by atoms with Crippen LogP contribution in [0.1, 0.15) is 25.0 Å². The largest absolute Gasteiger partial charge is 0.309 e. The van der Waals surface area contributed by atoms with Crippen molar-refractivity contribution in [1.29, 1.82) is 0 Å². The van der Waals surface area contributed by atoms with Gasteiger partial charge in [0.15, 0.2) is 16.1 Å². The third-order valence-corrected chi connectivity index (χ3v) is 28.5. The Labute approximate surface area is 468 Å². The zero-order valence-corrected chi connectivity index (χ0v) is 47.0. The van der Waals surface area contributed by atoms with Crippen molar-refractivity contribution in [3.05, 3.63) is 308 Å². The average molecular weight is 1060 g/mol. The molecule has 374 valence electrons. The van der Waals surface area contributed by atoms with Gasteiger partial charge in [-0.05, 0) is 111 Å². The van der Waals surface area contributed by atoms with Crippen molar-refractivity contribution in [2.75, 3.05) is 0 Å². The number of rotatable bonds is 10. The van der Waals surface area contributed by atoms with Crippen LogP contribution in [0.4, 0.5) is 0 Å². The Morgan fingerprint density at radius 2 is 0.797 bits per heavy atom. The molecule has 0 spiro atoms. The lowest BCUT2D eigenvalue weighted by Gasteiger charge is -2.35. The molecule has 0 fully saturated rings. The molecule has 0 unspecified atom stereocenters. The lowest BCUT2D eigenvalue weighted by atomic mass is 9.82. The Bertz CT molecular complexity index is 4520. The fourth-order valence-corrected chi connectivity index (χ4v) is 25.2. The summed E-state index contributed by atoms with van der Waals surface area (Å²) >= 11 is 1.94. The summed E-state index contributed by atoms with van der Waals surface area (Å²) in [6.45, 7) is 4.77. The van der Waals surface area contributed by atoms with Crippen LogP contribution in [0, 0.1) is 0 Å². The van der Waals surface area contributed by atoms with E-state index >= 15 is 0 Å². The van der Waals surface area contributed by atoms with Gasteiger partial charge in [0.2, 0.25) is 0 Å². The van der Waals surface area contributed by atoms with Gasteiger partial charge in [-0.3, -0.25) is 0 Å². The number of hydrogen-bond acceptors (Lipinski definition) is 1. The molecule has 15 rings (SSSR count). The van der Waals surface area contributed by atoms with Crippen LogP contribution >= 0.6 is 11.3 Å². The molecule has 4 heteroatoms. The van der Waals surface area contributed by atoms with Gasteiger partial charge in [-0.15, -0.1) is 11.3 Å². The minimum Gasteiger partial charge on any atom is -0.309 e. The van der Waals surface area contributed by atoms with Gasteiger partial charge in [-0.25, -0.2) is 0 Å². The van der Waals surface area contributed by atoms with Crippen molar-refractivity contribution in [2.45, 2.75) is 19.3 Å². The zero-order valence-electron chi connectivity index (χ0n) is 44.1. The highest BCUT2D eigenvalue weighted by atomic mass is 32.1. The Morgan fingerprint density at radius 3 is 1.43 bits per heavy atom. The Hall–Kier alpha value is -8.91. The quantitative estimate of drug-likeness (QED) is 0.0950. The summed E-state index contributed by atoms with van der Waals surface area (Å²) in [5.41, 5.74) is 11.4. The summed E-state index contributed by atoms with van der Waals surface area (Å²) in [7, 11) is -5.84. The van der Waals surface area contributed by atoms with Crippen molar-refractivity contribution in [2.24, 2.45) is 0 Å². The molecule has 0 aliphatic heterocycles. The van der Waals surface area contributed by atoms with Gasteiger partial charge in [0.05, 0.1) is 11.0 Å². The van der Waals surface area contributed by atoms with E-state index in [2.05, 4.69) is 316 Å². The SMILES string of the molecule is CC1(C)c2ccccc2-c2cc3c4ccccc4n(-c4cccc([Si](c5ccccc5)(c5ccccc5)c5ccc(-c6ccc([Si](c7ccccc7)(c7ccccc7)c7cccc8c7sc7ccccc78)cc6)cc5)c4)c3cc21. The van der Waals surface area contributed by atoms with E-state index in [1.165, 1.54) is 123 Å². The predicted molar refractivity (Wildman–Crippen MR) is 344 cm³/mol. The van der Waals surface area contributed by atoms with Crippen LogP contribution in [0.2, 0.25) is 0 Å². The lowest BCUT2D eigenvalue weighted by Crippen LogP contribution is -2.74. The molecule has 1 aliphatic carbocycles. The van der Waals surface area contributed by atoms with Crippen molar-refractivity contribution in [3.63, 3.8) is 0 Å². The number of para-hydroxylation sites is 1. The van der Waals surface area contributed by atoms with E-state index in [1.54, 1.807) is 0 Å². The lowest BCUT2D eigenvalue weighted by molar-refractivity contribution is 0.661. The van der Waals surface area contributed by atoms with Gasteiger partial charge in [0.1, 0.15) is 0 Å². The molecule has 0 amide bonds. The average Bonchev–Trinajstić information content (AvgIpc) is 4.25. The van der Waals surface area contributed by atoms with E-state index < -0.39 is 16.1 Å².